The number of fused-ring (bicyclic) bond motifs is 2. The first-order valence-electron chi connectivity index (χ1n) is 8.52. The van der Waals surface area contributed by atoms with Gasteiger partial charge in [-0.3, -0.25) is 4.79 Å². The first-order valence-corrected chi connectivity index (χ1v) is 9.33. The second-order valence-corrected chi connectivity index (χ2v) is 7.60. The predicted molar refractivity (Wildman–Crippen MR) is 110 cm³/mol. The molecule has 0 saturated carbocycles. The number of benzene rings is 2. The molecule has 26 heavy (non-hydrogen) atoms. The highest BCUT2D eigenvalue weighted by molar-refractivity contribution is 7.21. The van der Waals surface area contributed by atoms with Gasteiger partial charge < -0.3 is 11.1 Å². The van der Waals surface area contributed by atoms with Crippen LogP contribution in [0, 0.1) is 0 Å². The van der Waals surface area contributed by atoms with Gasteiger partial charge in [0.2, 0.25) is 0 Å². The van der Waals surface area contributed by atoms with Crippen LogP contribution in [0.3, 0.4) is 0 Å². The number of pyridine rings is 1. The van der Waals surface area contributed by atoms with Crippen molar-refractivity contribution >= 4 is 49.6 Å². The molecule has 0 saturated heterocycles. The van der Waals surface area contributed by atoms with E-state index in [4.69, 9.17) is 5.73 Å². The number of aromatic nitrogens is 1. The number of hydrogen-bond acceptors (Lipinski definition) is 4. The second-order valence-electron chi connectivity index (χ2n) is 6.60. The van der Waals surface area contributed by atoms with E-state index in [9.17, 15) is 4.79 Å². The van der Waals surface area contributed by atoms with Gasteiger partial charge in [-0.25, -0.2) is 4.98 Å². The van der Waals surface area contributed by atoms with Crippen LogP contribution < -0.4 is 11.1 Å². The number of carbonyl (C=O) groups excluding carboxylic acids is 1. The lowest BCUT2D eigenvalue weighted by Crippen LogP contribution is -2.11. The van der Waals surface area contributed by atoms with Crippen molar-refractivity contribution < 1.29 is 4.79 Å². The molecular weight excluding hydrogens is 342 g/mol. The summed E-state index contributed by atoms with van der Waals surface area (Å²) in [4.78, 5) is 18.7. The number of hydrogen-bond donors (Lipinski definition) is 2. The third kappa shape index (κ3) is 2.91. The SMILES string of the molecule is CC(C)c1ccc2c(N)c(C(=O)Nc3ccc4ccccc4c3)sc2n1. The number of anilines is 2. The van der Waals surface area contributed by atoms with E-state index in [0.717, 1.165) is 32.4 Å². The number of carbonyl (C=O) groups is 1. The Morgan fingerprint density at radius 1 is 1.08 bits per heavy atom. The number of rotatable bonds is 3. The summed E-state index contributed by atoms with van der Waals surface area (Å²) in [7, 11) is 0. The molecule has 0 aliphatic rings. The van der Waals surface area contributed by atoms with E-state index in [1.807, 2.05) is 54.6 Å². The normalized spacial score (nSPS) is 11.3. The smallest absolute Gasteiger partial charge is 0.267 e. The Morgan fingerprint density at radius 2 is 1.85 bits per heavy atom. The number of amides is 1. The molecule has 4 nitrogen and oxygen atoms in total. The van der Waals surface area contributed by atoms with Gasteiger partial charge in [-0.05, 0) is 41.0 Å². The highest BCUT2D eigenvalue weighted by Gasteiger charge is 2.18. The highest BCUT2D eigenvalue weighted by Crippen LogP contribution is 2.34. The first kappa shape index (κ1) is 16.5. The maximum atomic E-state index is 12.8. The molecule has 130 valence electrons. The van der Waals surface area contributed by atoms with E-state index in [-0.39, 0.29) is 5.91 Å². The van der Waals surface area contributed by atoms with Gasteiger partial charge in [0.25, 0.3) is 5.91 Å². The fraction of sp³-hybridized carbons (Fsp3) is 0.143. The van der Waals surface area contributed by atoms with E-state index in [1.165, 1.54) is 11.3 Å². The minimum Gasteiger partial charge on any atom is -0.397 e. The molecule has 0 fully saturated rings. The highest BCUT2D eigenvalue weighted by atomic mass is 32.1. The molecular formula is C21H19N3OS. The van der Waals surface area contributed by atoms with E-state index >= 15 is 0 Å². The van der Waals surface area contributed by atoms with Crippen molar-refractivity contribution in [1.82, 2.24) is 4.98 Å². The minimum absolute atomic E-state index is 0.202. The van der Waals surface area contributed by atoms with Crippen molar-refractivity contribution in [2.75, 3.05) is 11.1 Å². The number of thiophene rings is 1. The van der Waals surface area contributed by atoms with Crippen molar-refractivity contribution in [3.05, 3.63) is 65.2 Å². The predicted octanol–water partition coefficient (Wildman–Crippen LogP) is 5.41. The van der Waals surface area contributed by atoms with Gasteiger partial charge >= 0.3 is 0 Å². The topological polar surface area (TPSA) is 68.0 Å². The fourth-order valence-electron chi connectivity index (χ4n) is 2.96. The molecule has 1 amide bonds. The van der Waals surface area contributed by atoms with E-state index in [2.05, 4.69) is 24.1 Å². The average Bonchev–Trinajstić information content (AvgIpc) is 2.98. The summed E-state index contributed by atoms with van der Waals surface area (Å²) in [5, 5.41) is 6.01. The Kier molecular flexibility index (Phi) is 4.09. The summed E-state index contributed by atoms with van der Waals surface area (Å²) in [5.41, 5.74) is 8.46. The standard InChI is InChI=1S/C21H19N3OS/c1-12(2)17-10-9-16-18(22)19(26-21(16)24-17)20(25)23-15-8-7-13-5-3-4-6-14(13)11-15/h3-12H,22H2,1-2H3,(H,23,25). The molecule has 0 unspecified atom stereocenters. The number of nitrogens with two attached hydrogens (primary N) is 1. The molecule has 0 radical (unpaired) electrons. The number of nitrogens with one attached hydrogen (secondary N) is 1. The molecule has 0 spiro atoms. The molecule has 4 rings (SSSR count). The average molecular weight is 361 g/mol. The van der Waals surface area contributed by atoms with Crippen molar-refractivity contribution in [2.45, 2.75) is 19.8 Å². The van der Waals surface area contributed by atoms with Gasteiger partial charge in [-0.15, -0.1) is 11.3 Å². The third-order valence-electron chi connectivity index (χ3n) is 4.42. The van der Waals surface area contributed by atoms with Gasteiger partial charge in [-0.2, -0.15) is 0 Å². The van der Waals surface area contributed by atoms with E-state index < -0.39 is 0 Å². The summed E-state index contributed by atoms with van der Waals surface area (Å²) in [6, 6.07) is 17.8. The van der Waals surface area contributed by atoms with Crippen molar-refractivity contribution in [3.63, 3.8) is 0 Å². The lowest BCUT2D eigenvalue weighted by Gasteiger charge is -2.06. The minimum atomic E-state index is -0.202. The molecule has 0 atom stereocenters. The van der Waals surface area contributed by atoms with Gasteiger partial charge in [0.05, 0.1) is 5.69 Å². The van der Waals surface area contributed by atoms with Crippen LogP contribution in [0.2, 0.25) is 0 Å². The Hall–Kier alpha value is -2.92. The summed E-state index contributed by atoms with van der Waals surface area (Å²) in [5.74, 6) is 0.129. The zero-order valence-electron chi connectivity index (χ0n) is 14.6. The number of nitrogens with zero attached hydrogens (tertiary/aromatic N) is 1. The molecule has 5 heteroatoms. The zero-order chi connectivity index (χ0) is 18.3. The Balaban J connectivity index is 1.67. The number of nitrogen functional groups attached to an aromatic ring is 1. The third-order valence-corrected chi connectivity index (χ3v) is 5.53. The molecule has 2 aromatic heterocycles. The summed E-state index contributed by atoms with van der Waals surface area (Å²) in [6.45, 7) is 4.19. The Bertz CT molecular complexity index is 1130. The largest absolute Gasteiger partial charge is 0.397 e. The van der Waals surface area contributed by atoms with Crippen LogP contribution in [0.4, 0.5) is 11.4 Å². The lowest BCUT2D eigenvalue weighted by molar-refractivity contribution is 0.103. The van der Waals surface area contributed by atoms with Crippen LogP contribution in [0.25, 0.3) is 21.0 Å². The first-order chi connectivity index (χ1) is 12.5. The van der Waals surface area contributed by atoms with Crippen molar-refractivity contribution in [3.8, 4) is 0 Å². The molecule has 3 N–H and O–H groups in total. The molecule has 2 heterocycles. The Labute approximate surface area is 155 Å². The van der Waals surface area contributed by atoms with Gasteiger partial charge in [0, 0.05) is 16.8 Å². The van der Waals surface area contributed by atoms with E-state index in [1.54, 1.807) is 0 Å². The lowest BCUT2D eigenvalue weighted by atomic mass is 10.1. The summed E-state index contributed by atoms with van der Waals surface area (Å²) in [6.07, 6.45) is 0. The monoisotopic (exact) mass is 361 g/mol. The quantitative estimate of drug-likeness (QED) is 0.513. The van der Waals surface area contributed by atoms with Gasteiger partial charge in [0.1, 0.15) is 9.71 Å². The van der Waals surface area contributed by atoms with Gasteiger partial charge in [-0.1, -0.05) is 44.2 Å². The maximum Gasteiger partial charge on any atom is 0.267 e. The van der Waals surface area contributed by atoms with Gasteiger partial charge in [0.15, 0.2) is 0 Å². The molecule has 0 aliphatic heterocycles. The molecule has 0 bridgehead atoms. The van der Waals surface area contributed by atoms with Crippen LogP contribution in [0.1, 0.15) is 35.1 Å². The van der Waals surface area contributed by atoms with Crippen LogP contribution >= 0.6 is 11.3 Å². The Morgan fingerprint density at radius 3 is 2.62 bits per heavy atom. The summed E-state index contributed by atoms with van der Waals surface area (Å²) >= 11 is 1.34. The van der Waals surface area contributed by atoms with Crippen LogP contribution in [0.15, 0.2) is 54.6 Å². The molecule has 2 aromatic carbocycles. The van der Waals surface area contributed by atoms with E-state index in [0.29, 0.717) is 16.5 Å². The summed E-state index contributed by atoms with van der Waals surface area (Å²) < 4.78 is 0. The zero-order valence-corrected chi connectivity index (χ0v) is 15.4. The second kappa shape index (κ2) is 6.42. The molecule has 0 aliphatic carbocycles. The van der Waals surface area contributed by atoms with Crippen LogP contribution in [0.5, 0.6) is 0 Å². The van der Waals surface area contributed by atoms with Crippen molar-refractivity contribution in [1.29, 1.82) is 0 Å². The fourth-order valence-corrected chi connectivity index (χ4v) is 3.95. The molecule has 4 aromatic rings. The van der Waals surface area contributed by atoms with Crippen LogP contribution in [-0.2, 0) is 0 Å². The van der Waals surface area contributed by atoms with Crippen molar-refractivity contribution in [2.24, 2.45) is 0 Å². The van der Waals surface area contributed by atoms with Crippen LogP contribution in [-0.4, -0.2) is 10.9 Å². The maximum absolute atomic E-state index is 12.8.